The van der Waals surface area contributed by atoms with Crippen LogP contribution in [0.4, 0.5) is 0 Å². The summed E-state index contributed by atoms with van der Waals surface area (Å²) in [7, 11) is 0. The zero-order valence-corrected chi connectivity index (χ0v) is 32.0. The summed E-state index contributed by atoms with van der Waals surface area (Å²) in [5.74, 6) is -0.0243. The first-order chi connectivity index (χ1) is 23.0. The van der Waals surface area contributed by atoms with E-state index < -0.39 is 0 Å². The molecule has 0 spiro atoms. The second kappa shape index (κ2) is 36.1. The molecule has 0 radical (unpaired) electrons. The van der Waals surface area contributed by atoms with Crippen molar-refractivity contribution in [2.24, 2.45) is 0 Å². The predicted molar refractivity (Wildman–Crippen MR) is 200 cm³/mol. The van der Waals surface area contributed by atoms with Crippen molar-refractivity contribution in [1.82, 2.24) is 4.90 Å². The number of carbonyl (C=O) groups is 2. The van der Waals surface area contributed by atoms with Crippen LogP contribution < -0.4 is 0 Å². The van der Waals surface area contributed by atoms with Crippen molar-refractivity contribution in [2.75, 3.05) is 26.2 Å². The van der Waals surface area contributed by atoms with E-state index in [9.17, 15) is 14.7 Å². The lowest BCUT2D eigenvalue weighted by Gasteiger charge is -2.22. The van der Waals surface area contributed by atoms with Crippen molar-refractivity contribution in [1.29, 1.82) is 0 Å². The van der Waals surface area contributed by atoms with Gasteiger partial charge in [0.25, 0.3) is 0 Å². The van der Waals surface area contributed by atoms with Gasteiger partial charge in [0.2, 0.25) is 0 Å². The van der Waals surface area contributed by atoms with Crippen LogP contribution in [0.3, 0.4) is 0 Å². The third kappa shape index (κ3) is 31.9. The molecule has 2 atom stereocenters. The van der Waals surface area contributed by atoms with Gasteiger partial charge in [-0.15, -0.1) is 0 Å². The molecule has 2 unspecified atom stereocenters. The van der Waals surface area contributed by atoms with Crippen LogP contribution in [0.5, 0.6) is 0 Å². The summed E-state index contributed by atoms with van der Waals surface area (Å²) >= 11 is 0. The van der Waals surface area contributed by atoms with E-state index >= 15 is 0 Å². The molecule has 280 valence electrons. The molecule has 6 heteroatoms. The van der Waals surface area contributed by atoms with Crippen LogP contribution in [0.25, 0.3) is 0 Å². The van der Waals surface area contributed by atoms with Crippen LogP contribution in [0.1, 0.15) is 214 Å². The Kier molecular flexibility index (Phi) is 35.3. The Morgan fingerprint density at radius 1 is 0.468 bits per heavy atom. The average Bonchev–Trinajstić information content (AvgIpc) is 3.07. The summed E-state index contributed by atoms with van der Waals surface area (Å²) in [5, 5.41) is 9.35. The standard InChI is InChI=1S/C41H81NO5/c1-5-9-11-13-17-23-30-38(7-3)46-40(44)32-25-19-15-21-27-34-42(36-29-37-43)35-28-22-16-20-26-33-41(45)47-39(8-4)31-24-18-14-12-10-6-2/h38-39,43H,5-37H2,1-4H3. The first-order valence-corrected chi connectivity index (χ1v) is 20.7. The van der Waals surface area contributed by atoms with E-state index in [1.165, 1.54) is 103 Å². The van der Waals surface area contributed by atoms with Crippen LogP contribution in [-0.2, 0) is 19.1 Å². The minimum absolute atomic E-state index is 0.0121. The summed E-state index contributed by atoms with van der Waals surface area (Å²) in [6, 6.07) is 0. The molecule has 0 aliphatic carbocycles. The number of aliphatic hydroxyl groups excluding tert-OH is 1. The second-order valence-electron chi connectivity index (χ2n) is 14.1. The van der Waals surface area contributed by atoms with Gasteiger partial charge in [-0.05, 0) is 83.7 Å². The van der Waals surface area contributed by atoms with Crippen LogP contribution in [0.2, 0.25) is 0 Å². The van der Waals surface area contributed by atoms with E-state index in [1.54, 1.807) is 0 Å². The summed E-state index contributed by atoms with van der Waals surface area (Å²) in [6.45, 7) is 12.1. The van der Waals surface area contributed by atoms with Gasteiger partial charge in [0, 0.05) is 26.0 Å². The van der Waals surface area contributed by atoms with Gasteiger partial charge >= 0.3 is 11.9 Å². The van der Waals surface area contributed by atoms with Gasteiger partial charge in [-0.1, -0.05) is 130 Å². The Bertz CT molecular complexity index is 620. The molecular formula is C41H81NO5. The van der Waals surface area contributed by atoms with E-state index in [1.807, 2.05) is 0 Å². The molecule has 0 fully saturated rings. The molecule has 47 heavy (non-hydrogen) atoms. The quantitative estimate of drug-likeness (QED) is 0.0525. The molecule has 0 bridgehead atoms. The van der Waals surface area contributed by atoms with E-state index in [2.05, 4.69) is 32.6 Å². The smallest absolute Gasteiger partial charge is 0.306 e. The van der Waals surface area contributed by atoms with Gasteiger partial charge in [-0.2, -0.15) is 0 Å². The van der Waals surface area contributed by atoms with Crippen LogP contribution in [0.15, 0.2) is 0 Å². The highest BCUT2D eigenvalue weighted by atomic mass is 16.5. The molecule has 0 saturated heterocycles. The van der Waals surface area contributed by atoms with Crippen molar-refractivity contribution >= 4 is 11.9 Å². The maximum atomic E-state index is 12.3. The summed E-state index contributed by atoms with van der Waals surface area (Å²) in [6.07, 6.45) is 32.4. The maximum Gasteiger partial charge on any atom is 0.306 e. The van der Waals surface area contributed by atoms with Crippen molar-refractivity contribution in [2.45, 2.75) is 226 Å². The lowest BCUT2D eigenvalue weighted by atomic mass is 10.1. The normalized spacial score (nSPS) is 12.8. The number of ether oxygens (including phenoxy) is 2. The van der Waals surface area contributed by atoms with Gasteiger partial charge in [0.1, 0.15) is 12.2 Å². The van der Waals surface area contributed by atoms with E-state index in [4.69, 9.17) is 9.47 Å². The average molecular weight is 668 g/mol. The number of rotatable bonds is 37. The van der Waals surface area contributed by atoms with Gasteiger partial charge in [0.05, 0.1) is 0 Å². The number of hydrogen-bond donors (Lipinski definition) is 1. The van der Waals surface area contributed by atoms with E-state index in [-0.39, 0.29) is 30.8 Å². The van der Waals surface area contributed by atoms with Gasteiger partial charge < -0.3 is 19.5 Å². The molecule has 0 aliphatic rings. The molecular weight excluding hydrogens is 586 g/mol. The molecule has 0 rings (SSSR count). The van der Waals surface area contributed by atoms with Crippen molar-refractivity contribution < 1.29 is 24.2 Å². The minimum atomic E-state index is -0.0121. The maximum absolute atomic E-state index is 12.3. The van der Waals surface area contributed by atoms with Crippen LogP contribution in [0, 0.1) is 0 Å². The lowest BCUT2D eigenvalue weighted by molar-refractivity contribution is -0.150. The highest BCUT2D eigenvalue weighted by molar-refractivity contribution is 5.69. The zero-order valence-electron chi connectivity index (χ0n) is 32.0. The highest BCUT2D eigenvalue weighted by Crippen LogP contribution is 2.16. The van der Waals surface area contributed by atoms with E-state index in [0.717, 1.165) is 90.3 Å². The molecule has 0 aliphatic heterocycles. The Morgan fingerprint density at radius 3 is 1.19 bits per heavy atom. The zero-order chi connectivity index (χ0) is 34.6. The molecule has 0 amide bonds. The summed E-state index contributed by atoms with van der Waals surface area (Å²) < 4.78 is 11.5. The summed E-state index contributed by atoms with van der Waals surface area (Å²) in [4.78, 5) is 27.2. The minimum Gasteiger partial charge on any atom is -0.462 e. The Hall–Kier alpha value is -1.14. The topological polar surface area (TPSA) is 76.1 Å². The van der Waals surface area contributed by atoms with Gasteiger partial charge in [-0.25, -0.2) is 0 Å². The molecule has 1 N–H and O–H groups in total. The number of esters is 2. The molecule has 0 heterocycles. The molecule has 0 aromatic heterocycles. The fourth-order valence-electron chi connectivity index (χ4n) is 6.39. The Labute approximate surface area is 292 Å². The SMILES string of the molecule is CCCCCCCCC(CC)OC(=O)CCCCCCCN(CCCO)CCCCCCCC(=O)OC(CC)CCCCCCCC. The third-order valence-corrected chi connectivity index (χ3v) is 9.61. The fourth-order valence-corrected chi connectivity index (χ4v) is 6.39. The number of unbranched alkanes of at least 4 members (excludes halogenated alkanes) is 18. The number of hydrogen-bond acceptors (Lipinski definition) is 6. The highest BCUT2D eigenvalue weighted by Gasteiger charge is 2.13. The lowest BCUT2D eigenvalue weighted by Crippen LogP contribution is -2.27. The number of carbonyl (C=O) groups excluding carboxylic acids is 2. The Morgan fingerprint density at radius 2 is 0.809 bits per heavy atom. The number of nitrogens with zero attached hydrogens (tertiary/aromatic N) is 1. The Balaban J connectivity index is 3.90. The first kappa shape index (κ1) is 45.9. The van der Waals surface area contributed by atoms with Crippen molar-refractivity contribution in [3.8, 4) is 0 Å². The van der Waals surface area contributed by atoms with Crippen LogP contribution in [-0.4, -0.2) is 60.4 Å². The summed E-state index contributed by atoms with van der Waals surface area (Å²) in [5.41, 5.74) is 0. The molecule has 0 saturated carbocycles. The van der Waals surface area contributed by atoms with Gasteiger partial charge in [-0.3, -0.25) is 9.59 Å². The number of aliphatic hydroxyl groups is 1. The molecule has 0 aromatic carbocycles. The fraction of sp³-hybridized carbons (Fsp3) is 0.951. The monoisotopic (exact) mass is 668 g/mol. The van der Waals surface area contributed by atoms with Crippen molar-refractivity contribution in [3.05, 3.63) is 0 Å². The molecule has 6 nitrogen and oxygen atoms in total. The second-order valence-corrected chi connectivity index (χ2v) is 14.1. The first-order valence-electron chi connectivity index (χ1n) is 20.7. The third-order valence-electron chi connectivity index (χ3n) is 9.61. The molecule has 0 aromatic rings. The van der Waals surface area contributed by atoms with Gasteiger partial charge in [0.15, 0.2) is 0 Å². The van der Waals surface area contributed by atoms with Crippen LogP contribution >= 0.6 is 0 Å². The van der Waals surface area contributed by atoms with E-state index in [0.29, 0.717) is 12.8 Å². The largest absolute Gasteiger partial charge is 0.462 e. The predicted octanol–water partition coefficient (Wildman–Crippen LogP) is 11.5. The van der Waals surface area contributed by atoms with Crippen molar-refractivity contribution in [3.63, 3.8) is 0 Å².